The van der Waals surface area contributed by atoms with E-state index in [1.807, 2.05) is 13.0 Å². The van der Waals surface area contributed by atoms with Crippen LogP contribution in [-0.4, -0.2) is 19.9 Å². The van der Waals surface area contributed by atoms with Gasteiger partial charge in [-0.05, 0) is 42.7 Å². The molecule has 1 aromatic carbocycles. The summed E-state index contributed by atoms with van der Waals surface area (Å²) in [7, 11) is -3.58. The second kappa shape index (κ2) is 4.79. The molecule has 0 spiro atoms. The average molecular weight is 289 g/mol. The number of nitrogens with zero attached hydrogens (tertiary/aromatic N) is 1. The molecule has 2 heterocycles. The Morgan fingerprint density at radius 2 is 2.15 bits per heavy atom. The highest BCUT2D eigenvalue weighted by Crippen LogP contribution is 2.26. The Hall–Kier alpha value is -2.08. The minimum atomic E-state index is -3.58. The van der Waals surface area contributed by atoms with Gasteiger partial charge in [-0.15, -0.1) is 0 Å². The first-order valence-electron chi connectivity index (χ1n) is 6.36. The third kappa shape index (κ3) is 2.34. The van der Waals surface area contributed by atoms with E-state index in [0.717, 1.165) is 29.8 Å². The lowest BCUT2D eigenvalue weighted by molar-refractivity contribution is 0.601. The number of rotatable bonds is 3. The fraction of sp³-hybridized carbons (Fsp3) is 0.214. The summed E-state index contributed by atoms with van der Waals surface area (Å²) in [5, 5.41) is 3.19. The highest BCUT2D eigenvalue weighted by atomic mass is 32.2. The Morgan fingerprint density at radius 1 is 1.30 bits per heavy atom. The Balaban J connectivity index is 1.94. The fourth-order valence-corrected chi connectivity index (χ4v) is 3.39. The summed E-state index contributed by atoms with van der Waals surface area (Å²) in [5.41, 5.74) is 3.40. The molecule has 6 heteroatoms. The van der Waals surface area contributed by atoms with Crippen LogP contribution in [0.5, 0.6) is 0 Å². The number of fused-ring (bicyclic) bond motifs is 1. The molecule has 5 nitrogen and oxygen atoms in total. The highest BCUT2D eigenvalue weighted by Gasteiger charge is 2.18. The summed E-state index contributed by atoms with van der Waals surface area (Å²) in [5.74, 6) is 0. The number of benzene rings is 1. The van der Waals surface area contributed by atoms with Crippen molar-refractivity contribution in [1.82, 2.24) is 4.98 Å². The summed E-state index contributed by atoms with van der Waals surface area (Å²) in [6.45, 7) is 2.67. The first-order valence-corrected chi connectivity index (χ1v) is 7.85. The van der Waals surface area contributed by atoms with Crippen molar-refractivity contribution in [2.45, 2.75) is 18.2 Å². The van der Waals surface area contributed by atoms with E-state index >= 15 is 0 Å². The molecule has 3 rings (SSSR count). The molecule has 2 N–H and O–H groups in total. The molecule has 0 bridgehead atoms. The monoisotopic (exact) mass is 289 g/mol. The van der Waals surface area contributed by atoms with Gasteiger partial charge in [-0.25, -0.2) is 8.42 Å². The van der Waals surface area contributed by atoms with Gasteiger partial charge in [0.1, 0.15) is 0 Å². The number of aromatic nitrogens is 1. The van der Waals surface area contributed by atoms with Crippen LogP contribution >= 0.6 is 0 Å². The smallest absolute Gasteiger partial charge is 0.261 e. The zero-order valence-electron chi connectivity index (χ0n) is 11.1. The zero-order chi connectivity index (χ0) is 14.2. The van der Waals surface area contributed by atoms with Gasteiger partial charge in [0.05, 0.1) is 10.6 Å². The molecule has 1 aliphatic heterocycles. The summed E-state index contributed by atoms with van der Waals surface area (Å²) in [6, 6.07) is 6.84. The van der Waals surface area contributed by atoms with E-state index in [2.05, 4.69) is 15.0 Å². The molecule has 0 saturated carbocycles. The molecule has 1 aliphatic rings. The average Bonchev–Trinajstić information content (AvgIpc) is 2.88. The van der Waals surface area contributed by atoms with Crippen molar-refractivity contribution in [2.24, 2.45) is 0 Å². The van der Waals surface area contributed by atoms with Gasteiger partial charge in [0, 0.05) is 24.6 Å². The van der Waals surface area contributed by atoms with Crippen LogP contribution in [0.1, 0.15) is 11.1 Å². The number of pyridine rings is 1. The van der Waals surface area contributed by atoms with E-state index in [0.29, 0.717) is 5.69 Å². The van der Waals surface area contributed by atoms with Crippen LogP contribution in [0.25, 0.3) is 0 Å². The summed E-state index contributed by atoms with van der Waals surface area (Å²) < 4.78 is 27.4. The molecule has 0 radical (unpaired) electrons. The number of nitrogens with one attached hydrogen (secondary N) is 2. The van der Waals surface area contributed by atoms with E-state index in [4.69, 9.17) is 0 Å². The lowest BCUT2D eigenvalue weighted by Crippen LogP contribution is -2.14. The molecular weight excluding hydrogens is 274 g/mol. The second-order valence-corrected chi connectivity index (χ2v) is 6.47. The van der Waals surface area contributed by atoms with E-state index in [-0.39, 0.29) is 4.90 Å². The summed E-state index contributed by atoms with van der Waals surface area (Å²) in [6.07, 6.45) is 4.13. The van der Waals surface area contributed by atoms with E-state index < -0.39 is 10.0 Å². The molecule has 2 aromatic rings. The molecule has 104 valence electrons. The van der Waals surface area contributed by atoms with Crippen molar-refractivity contribution in [3.05, 3.63) is 47.8 Å². The zero-order valence-corrected chi connectivity index (χ0v) is 11.9. The van der Waals surface area contributed by atoms with Crippen LogP contribution in [0.4, 0.5) is 11.4 Å². The Labute approximate surface area is 118 Å². The van der Waals surface area contributed by atoms with Gasteiger partial charge >= 0.3 is 0 Å². The van der Waals surface area contributed by atoms with Crippen LogP contribution < -0.4 is 10.0 Å². The van der Waals surface area contributed by atoms with Gasteiger partial charge in [0.25, 0.3) is 10.0 Å². The predicted octanol–water partition coefficient (Wildman–Crippen LogP) is 2.16. The predicted molar refractivity (Wildman–Crippen MR) is 78.4 cm³/mol. The van der Waals surface area contributed by atoms with Crippen LogP contribution in [0.15, 0.2) is 41.6 Å². The largest absolute Gasteiger partial charge is 0.384 e. The van der Waals surface area contributed by atoms with Crippen LogP contribution in [0.2, 0.25) is 0 Å². The molecule has 20 heavy (non-hydrogen) atoms. The second-order valence-electron chi connectivity index (χ2n) is 4.79. The Kier molecular flexibility index (Phi) is 3.10. The van der Waals surface area contributed by atoms with E-state index in [9.17, 15) is 8.42 Å². The van der Waals surface area contributed by atoms with E-state index in [1.165, 1.54) is 0 Å². The van der Waals surface area contributed by atoms with Crippen molar-refractivity contribution >= 4 is 21.4 Å². The van der Waals surface area contributed by atoms with Crippen molar-refractivity contribution < 1.29 is 8.42 Å². The van der Waals surface area contributed by atoms with Gasteiger partial charge in [0.15, 0.2) is 0 Å². The normalized spacial score (nSPS) is 13.7. The number of sulfonamides is 1. The van der Waals surface area contributed by atoms with Crippen LogP contribution in [-0.2, 0) is 16.4 Å². The first kappa shape index (κ1) is 12.9. The van der Waals surface area contributed by atoms with Gasteiger partial charge in [0.2, 0.25) is 0 Å². The maximum absolute atomic E-state index is 12.4. The lowest BCUT2D eigenvalue weighted by atomic mass is 10.2. The minimum Gasteiger partial charge on any atom is -0.384 e. The van der Waals surface area contributed by atoms with Crippen LogP contribution in [0.3, 0.4) is 0 Å². The molecule has 0 fully saturated rings. The van der Waals surface area contributed by atoms with Crippen molar-refractivity contribution in [1.29, 1.82) is 0 Å². The van der Waals surface area contributed by atoms with Gasteiger partial charge in [-0.3, -0.25) is 9.71 Å². The maximum Gasteiger partial charge on any atom is 0.261 e. The topological polar surface area (TPSA) is 71.1 Å². The number of hydrogen-bond donors (Lipinski definition) is 2. The summed E-state index contributed by atoms with van der Waals surface area (Å²) in [4.78, 5) is 4.22. The number of anilines is 2. The van der Waals surface area contributed by atoms with Crippen LogP contribution in [0, 0.1) is 6.92 Å². The number of aryl methyl sites for hydroxylation is 1. The highest BCUT2D eigenvalue weighted by molar-refractivity contribution is 7.92. The quantitative estimate of drug-likeness (QED) is 0.908. The molecule has 0 aliphatic carbocycles. The molecule has 1 aromatic heterocycles. The van der Waals surface area contributed by atoms with Gasteiger partial charge in [-0.2, -0.15) is 0 Å². The maximum atomic E-state index is 12.4. The van der Waals surface area contributed by atoms with E-state index in [1.54, 1.807) is 30.6 Å². The molecule has 0 atom stereocenters. The van der Waals surface area contributed by atoms with Gasteiger partial charge < -0.3 is 5.32 Å². The SMILES string of the molecule is Cc1cnccc1NS(=O)(=O)c1ccc2c(c1)NCC2. The standard InChI is InChI=1S/C14H15N3O2S/c1-10-9-15-6-5-13(10)17-20(18,19)12-3-2-11-4-7-16-14(11)8-12/h2-3,5-6,8-9,16H,4,7H2,1H3,(H,15,17). The Bertz CT molecular complexity index is 757. The lowest BCUT2D eigenvalue weighted by Gasteiger charge is -2.11. The molecule has 0 unspecified atom stereocenters. The van der Waals surface area contributed by atoms with Gasteiger partial charge in [-0.1, -0.05) is 6.07 Å². The molecular formula is C14H15N3O2S. The van der Waals surface area contributed by atoms with Crippen molar-refractivity contribution in [3.8, 4) is 0 Å². The Morgan fingerprint density at radius 3 is 2.95 bits per heavy atom. The molecule has 0 saturated heterocycles. The van der Waals surface area contributed by atoms with Crippen molar-refractivity contribution in [2.75, 3.05) is 16.6 Å². The first-order chi connectivity index (χ1) is 9.56. The molecule has 0 amide bonds. The fourth-order valence-electron chi connectivity index (χ4n) is 2.23. The third-order valence-corrected chi connectivity index (χ3v) is 4.73. The van der Waals surface area contributed by atoms with Crippen molar-refractivity contribution in [3.63, 3.8) is 0 Å². The summed E-state index contributed by atoms with van der Waals surface area (Å²) >= 11 is 0. The number of hydrogen-bond acceptors (Lipinski definition) is 4. The third-order valence-electron chi connectivity index (χ3n) is 3.37. The minimum absolute atomic E-state index is 0.266.